The Labute approximate surface area is 175 Å². The number of methoxy groups -OCH3 is 2. The largest absolute Gasteiger partial charge is 0.495 e. The number of benzene rings is 2. The molecule has 7 heteroatoms. The topological polar surface area (TPSA) is 95.7 Å². The summed E-state index contributed by atoms with van der Waals surface area (Å²) < 4.78 is 16.4. The van der Waals surface area contributed by atoms with E-state index in [-0.39, 0.29) is 23.4 Å². The van der Waals surface area contributed by atoms with Crippen molar-refractivity contribution in [3.05, 3.63) is 77.5 Å². The quantitative estimate of drug-likeness (QED) is 0.581. The Morgan fingerprint density at radius 1 is 1.10 bits per heavy atom. The van der Waals surface area contributed by atoms with E-state index in [4.69, 9.17) is 19.9 Å². The molecule has 3 aromatic rings. The monoisotopic (exact) mass is 407 g/mol. The van der Waals surface area contributed by atoms with Crippen LogP contribution in [-0.2, 0) is 11.3 Å². The normalized spacial score (nSPS) is 11.6. The van der Waals surface area contributed by atoms with E-state index in [0.29, 0.717) is 23.7 Å². The van der Waals surface area contributed by atoms with Crippen LogP contribution in [0.25, 0.3) is 0 Å². The van der Waals surface area contributed by atoms with Crippen molar-refractivity contribution >= 4 is 17.4 Å². The summed E-state index contributed by atoms with van der Waals surface area (Å²) in [5, 5.41) is 2.86. The number of aromatic nitrogens is 1. The Balaban J connectivity index is 1.81. The first-order valence-corrected chi connectivity index (χ1v) is 9.47. The van der Waals surface area contributed by atoms with Crippen LogP contribution in [0.3, 0.4) is 0 Å². The van der Waals surface area contributed by atoms with E-state index in [9.17, 15) is 4.79 Å². The Hall–Kier alpha value is -3.58. The molecule has 0 aliphatic carbocycles. The van der Waals surface area contributed by atoms with Gasteiger partial charge >= 0.3 is 0 Å². The number of nitrogen functional groups attached to an aromatic ring is 1. The van der Waals surface area contributed by atoms with Crippen molar-refractivity contribution in [3.63, 3.8) is 0 Å². The molecule has 0 aliphatic rings. The number of para-hydroxylation sites is 1. The summed E-state index contributed by atoms with van der Waals surface area (Å²) in [5.41, 5.74) is 8.29. The molecule has 0 saturated heterocycles. The zero-order valence-electron chi connectivity index (χ0n) is 17.2. The van der Waals surface area contributed by atoms with E-state index in [1.165, 1.54) is 0 Å². The summed E-state index contributed by atoms with van der Waals surface area (Å²) in [6.45, 7) is 2.26. The summed E-state index contributed by atoms with van der Waals surface area (Å²) in [4.78, 5) is 17.0. The van der Waals surface area contributed by atoms with Gasteiger partial charge in [-0.05, 0) is 48.9 Å². The third kappa shape index (κ3) is 5.07. The fourth-order valence-electron chi connectivity index (χ4n) is 2.97. The molecule has 156 valence electrons. The van der Waals surface area contributed by atoms with Crippen molar-refractivity contribution in [1.82, 2.24) is 4.98 Å². The van der Waals surface area contributed by atoms with Gasteiger partial charge in [-0.15, -0.1) is 0 Å². The summed E-state index contributed by atoms with van der Waals surface area (Å²) in [6.07, 6.45) is -0.228. The number of nitrogens with one attached hydrogen (secondary N) is 1. The number of carbonyl (C=O) groups is 1. The lowest BCUT2D eigenvalue weighted by atomic mass is 10.1. The summed E-state index contributed by atoms with van der Waals surface area (Å²) in [7, 11) is 3.12. The molecular formula is C23H25N3O4. The molecule has 0 saturated carbocycles. The molecule has 1 atom stereocenters. The van der Waals surface area contributed by atoms with Gasteiger partial charge in [0, 0.05) is 7.11 Å². The first-order chi connectivity index (χ1) is 14.5. The highest BCUT2D eigenvalue weighted by molar-refractivity contribution is 6.07. The van der Waals surface area contributed by atoms with Crippen LogP contribution < -0.4 is 20.5 Å². The van der Waals surface area contributed by atoms with E-state index in [2.05, 4.69) is 10.3 Å². The molecule has 0 bridgehead atoms. The maximum Gasteiger partial charge on any atom is 0.259 e. The minimum atomic E-state index is -0.379. The first kappa shape index (κ1) is 21.1. The Morgan fingerprint density at radius 2 is 1.87 bits per heavy atom. The molecule has 2 aromatic carbocycles. The zero-order valence-corrected chi connectivity index (χ0v) is 17.2. The highest BCUT2D eigenvalue weighted by atomic mass is 16.5. The molecule has 3 rings (SSSR count). The number of pyridine rings is 1. The Morgan fingerprint density at radius 3 is 2.53 bits per heavy atom. The smallest absolute Gasteiger partial charge is 0.259 e. The number of hydrogen-bond donors (Lipinski definition) is 2. The number of rotatable bonds is 8. The lowest BCUT2D eigenvalue weighted by Crippen LogP contribution is -2.16. The lowest BCUT2D eigenvalue weighted by Gasteiger charge is -2.18. The molecule has 1 aromatic heterocycles. The predicted molar refractivity (Wildman–Crippen MR) is 116 cm³/mol. The van der Waals surface area contributed by atoms with E-state index >= 15 is 0 Å². The molecule has 30 heavy (non-hydrogen) atoms. The van der Waals surface area contributed by atoms with Gasteiger partial charge in [0.1, 0.15) is 23.4 Å². The third-order valence-electron chi connectivity index (χ3n) is 4.52. The van der Waals surface area contributed by atoms with Crippen molar-refractivity contribution in [1.29, 1.82) is 0 Å². The number of ether oxygens (including phenoxy) is 3. The van der Waals surface area contributed by atoms with Gasteiger partial charge in [-0.2, -0.15) is 0 Å². The summed E-state index contributed by atoms with van der Waals surface area (Å²) in [6, 6.07) is 18.4. The van der Waals surface area contributed by atoms with Gasteiger partial charge in [0.15, 0.2) is 0 Å². The number of hydrogen-bond acceptors (Lipinski definition) is 6. The SMILES string of the molecule is COCc1ccc(C(=O)Nc2cc(C(C)Oc3ccccc3)ccc2OC)c(N)n1. The van der Waals surface area contributed by atoms with Crippen molar-refractivity contribution < 1.29 is 19.0 Å². The van der Waals surface area contributed by atoms with E-state index in [1.54, 1.807) is 32.4 Å². The van der Waals surface area contributed by atoms with Crippen molar-refractivity contribution in [2.75, 3.05) is 25.3 Å². The van der Waals surface area contributed by atoms with E-state index in [0.717, 1.165) is 11.3 Å². The average Bonchev–Trinajstić information content (AvgIpc) is 2.74. The third-order valence-corrected chi connectivity index (χ3v) is 4.52. The highest BCUT2D eigenvalue weighted by Crippen LogP contribution is 2.30. The molecule has 3 N–H and O–H groups in total. The van der Waals surface area contributed by atoms with Crippen molar-refractivity contribution in [3.8, 4) is 11.5 Å². The van der Waals surface area contributed by atoms with Gasteiger partial charge in [-0.3, -0.25) is 4.79 Å². The van der Waals surface area contributed by atoms with Gasteiger partial charge < -0.3 is 25.3 Å². The summed E-state index contributed by atoms with van der Waals surface area (Å²) in [5.74, 6) is 1.05. The zero-order chi connectivity index (χ0) is 21.5. The Bertz CT molecular complexity index is 1010. The van der Waals surface area contributed by atoms with Crippen LogP contribution in [0.5, 0.6) is 11.5 Å². The van der Waals surface area contributed by atoms with Crippen molar-refractivity contribution in [2.45, 2.75) is 19.6 Å². The fourth-order valence-corrected chi connectivity index (χ4v) is 2.97. The number of nitrogens with two attached hydrogens (primary N) is 1. The summed E-state index contributed by atoms with van der Waals surface area (Å²) >= 11 is 0. The van der Waals surface area contributed by atoms with Crippen LogP contribution in [0.1, 0.15) is 34.6 Å². The van der Waals surface area contributed by atoms with Gasteiger partial charge in [-0.25, -0.2) is 4.98 Å². The molecule has 1 heterocycles. The van der Waals surface area contributed by atoms with Crippen LogP contribution in [0.15, 0.2) is 60.7 Å². The molecule has 1 amide bonds. The van der Waals surface area contributed by atoms with Crippen LogP contribution >= 0.6 is 0 Å². The maximum absolute atomic E-state index is 12.8. The highest BCUT2D eigenvalue weighted by Gasteiger charge is 2.16. The van der Waals surface area contributed by atoms with Gasteiger partial charge in [0.05, 0.1) is 30.7 Å². The minimum Gasteiger partial charge on any atom is -0.495 e. The number of nitrogens with zero attached hydrogens (tertiary/aromatic N) is 1. The molecule has 0 aliphatic heterocycles. The van der Waals surface area contributed by atoms with Gasteiger partial charge in [0.2, 0.25) is 0 Å². The second-order valence-electron chi connectivity index (χ2n) is 6.66. The van der Waals surface area contributed by atoms with Crippen LogP contribution in [0.2, 0.25) is 0 Å². The van der Waals surface area contributed by atoms with Crippen LogP contribution in [0, 0.1) is 0 Å². The lowest BCUT2D eigenvalue weighted by molar-refractivity contribution is 0.102. The average molecular weight is 407 g/mol. The molecule has 0 radical (unpaired) electrons. The van der Waals surface area contributed by atoms with Crippen LogP contribution in [0.4, 0.5) is 11.5 Å². The predicted octanol–water partition coefficient (Wildman–Crippen LogP) is 4.21. The second kappa shape index (κ2) is 9.76. The van der Waals surface area contributed by atoms with Gasteiger partial charge in [-0.1, -0.05) is 24.3 Å². The standard InChI is InChI=1S/C23H25N3O4/c1-15(30-18-7-5-4-6-8-18)16-9-12-21(29-3)20(13-16)26-23(27)19-11-10-17(14-28-2)25-22(19)24/h4-13,15H,14H2,1-3H3,(H2,24,25)(H,26,27). The number of amides is 1. The minimum absolute atomic E-state index is 0.137. The molecule has 7 nitrogen and oxygen atoms in total. The van der Waals surface area contributed by atoms with E-state index < -0.39 is 0 Å². The number of anilines is 2. The van der Waals surface area contributed by atoms with Crippen LogP contribution in [-0.4, -0.2) is 25.1 Å². The maximum atomic E-state index is 12.8. The number of carbonyl (C=O) groups excluding carboxylic acids is 1. The molecule has 1 unspecified atom stereocenters. The second-order valence-corrected chi connectivity index (χ2v) is 6.66. The van der Waals surface area contributed by atoms with Crippen molar-refractivity contribution in [2.24, 2.45) is 0 Å². The molecular weight excluding hydrogens is 382 g/mol. The Kier molecular flexibility index (Phi) is 6.87. The molecule has 0 spiro atoms. The van der Waals surface area contributed by atoms with Gasteiger partial charge in [0.25, 0.3) is 5.91 Å². The van der Waals surface area contributed by atoms with E-state index in [1.807, 2.05) is 49.4 Å². The molecule has 0 fully saturated rings. The first-order valence-electron chi connectivity index (χ1n) is 9.47. The fraction of sp³-hybridized carbons (Fsp3) is 0.217.